The molecule has 0 spiro atoms. The monoisotopic (exact) mass is 680 g/mol. The van der Waals surface area contributed by atoms with Crippen LogP contribution >= 0.6 is 0 Å². The highest BCUT2D eigenvalue weighted by atomic mass is 35.5. The molecule has 5 rings (SSSR count). The summed E-state index contributed by atoms with van der Waals surface area (Å²) in [6, 6.07) is 22.6. The fourth-order valence-corrected chi connectivity index (χ4v) is 7.54. The number of aryl methyl sites for hydroxylation is 1. The van der Waals surface area contributed by atoms with E-state index in [9.17, 15) is 22.8 Å². The van der Waals surface area contributed by atoms with Gasteiger partial charge in [0.15, 0.2) is 0 Å². The summed E-state index contributed by atoms with van der Waals surface area (Å²) in [4.78, 5) is 43.2. The minimum atomic E-state index is -3.86. The lowest BCUT2D eigenvalue weighted by Crippen LogP contribution is -3.00. The zero-order chi connectivity index (χ0) is 32.8. The Morgan fingerprint density at radius 2 is 1.47 bits per heavy atom. The molecular weight excluding hydrogens is 638 g/mol. The Kier molecular flexibility index (Phi) is 12.2. The largest absolute Gasteiger partial charge is 1.00 e. The van der Waals surface area contributed by atoms with E-state index in [1.54, 1.807) is 24.0 Å². The van der Waals surface area contributed by atoms with Crippen LogP contribution in [-0.4, -0.2) is 61.8 Å². The van der Waals surface area contributed by atoms with Crippen LogP contribution in [0.1, 0.15) is 61.8 Å². The molecule has 5 N–H and O–H groups in total. The van der Waals surface area contributed by atoms with E-state index in [0.29, 0.717) is 32.1 Å². The number of hydrogen-bond acceptors (Lipinski definition) is 6. The van der Waals surface area contributed by atoms with E-state index in [-0.39, 0.29) is 35.8 Å². The summed E-state index contributed by atoms with van der Waals surface area (Å²) in [5.74, 6) is -1.70. The first-order chi connectivity index (χ1) is 22.1. The molecule has 0 saturated carbocycles. The number of nitrogens with one attached hydrogen (secondary N) is 3. The molecule has 0 aliphatic carbocycles. The zero-order valence-corrected chi connectivity index (χ0v) is 28.2. The smallest absolute Gasteiger partial charge is 0.246 e. The van der Waals surface area contributed by atoms with Gasteiger partial charge in [-0.1, -0.05) is 85.3 Å². The second kappa shape index (κ2) is 15.9. The third-order valence-electron chi connectivity index (χ3n) is 9.16. The minimum absolute atomic E-state index is 0. The summed E-state index contributed by atoms with van der Waals surface area (Å²) in [5.41, 5.74) is 8.79. The number of fused-ring (bicyclic) bond motifs is 1. The molecule has 3 aromatic rings. The van der Waals surface area contributed by atoms with E-state index in [1.165, 1.54) is 12.1 Å². The first-order valence-corrected chi connectivity index (χ1v) is 17.4. The molecule has 0 bridgehead atoms. The summed E-state index contributed by atoms with van der Waals surface area (Å²) in [6.45, 7) is 3.59. The van der Waals surface area contributed by atoms with Gasteiger partial charge in [0.1, 0.15) is 12.1 Å². The highest BCUT2D eigenvalue weighted by Crippen LogP contribution is 2.35. The van der Waals surface area contributed by atoms with Gasteiger partial charge in [-0.25, -0.2) is 13.1 Å². The van der Waals surface area contributed by atoms with E-state index < -0.39 is 51.9 Å². The average Bonchev–Trinajstić information content (AvgIpc) is 3.45. The molecule has 2 saturated heterocycles. The van der Waals surface area contributed by atoms with Gasteiger partial charge >= 0.3 is 0 Å². The summed E-state index contributed by atoms with van der Waals surface area (Å²) in [6.07, 6.45) is 2.52. The highest BCUT2D eigenvalue weighted by molar-refractivity contribution is 7.89. The summed E-state index contributed by atoms with van der Waals surface area (Å²) in [7, 11) is -3.86. The Morgan fingerprint density at radius 3 is 2.04 bits per heavy atom. The third-order valence-corrected chi connectivity index (χ3v) is 10.6. The molecule has 2 fully saturated rings. The van der Waals surface area contributed by atoms with E-state index in [2.05, 4.69) is 15.4 Å². The number of nitrogens with zero attached hydrogens (tertiary/aromatic N) is 1. The number of sulfonamides is 1. The molecule has 0 aromatic heterocycles. The van der Waals surface area contributed by atoms with Gasteiger partial charge in [0.05, 0.1) is 17.0 Å². The lowest BCUT2D eigenvalue weighted by Gasteiger charge is -2.33. The lowest BCUT2D eigenvalue weighted by molar-refractivity contribution is -0.143. The van der Waals surface area contributed by atoms with Crippen LogP contribution in [0.2, 0.25) is 0 Å². The highest BCUT2D eigenvalue weighted by Gasteiger charge is 2.48. The Morgan fingerprint density at radius 1 is 0.894 bits per heavy atom. The van der Waals surface area contributed by atoms with E-state index in [0.717, 1.165) is 16.7 Å². The van der Waals surface area contributed by atoms with Gasteiger partial charge in [-0.3, -0.25) is 14.4 Å². The van der Waals surface area contributed by atoms with Crippen LogP contribution in [-0.2, 0) is 24.4 Å². The van der Waals surface area contributed by atoms with Gasteiger partial charge in [0.25, 0.3) is 0 Å². The van der Waals surface area contributed by atoms with Crippen molar-refractivity contribution in [3.05, 3.63) is 102 Å². The molecule has 47 heavy (non-hydrogen) atoms. The topological polar surface area (TPSA) is 151 Å². The van der Waals surface area contributed by atoms with Crippen LogP contribution in [0.25, 0.3) is 0 Å². The second-order valence-corrected chi connectivity index (χ2v) is 14.0. The molecule has 10 nitrogen and oxygen atoms in total. The van der Waals surface area contributed by atoms with Gasteiger partial charge < -0.3 is 33.7 Å². The van der Waals surface area contributed by atoms with Crippen LogP contribution in [0.5, 0.6) is 0 Å². The molecule has 2 aliphatic rings. The number of rotatable bonds is 11. The summed E-state index contributed by atoms with van der Waals surface area (Å²) < 4.78 is 28.9. The molecule has 12 heteroatoms. The van der Waals surface area contributed by atoms with Crippen molar-refractivity contribution < 1.29 is 35.2 Å². The van der Waals surface area contributed by atoms with Gasteiger partial charge in [-0.15, -0.1) is 0 Å². The lowest BCUT2D eigenvalue weighted by atomic mass is 9.93. The number of carbonyl (C=O) groups excluding carboxylic acids is 3. The van der Waals surface area contributed by atoms with Crippen LogP contribution in [0.4, 0.5) is 0 Å². The number of halogens is 1. The van der Waals surface area contributed by atoms with Gasteiger partial charge in [0.2, 0.25) is 27.7 Å². The van der Waals surface area contributed by atoms with Crippen LogP contribution in [0, 0.1) is 12.8 Å². The maximum Gasteiger partial charge on any atom is 0.246 e. The average molecular weight is 681 g/mol. The van der Waals surface area contributed by atoms with Crippen molar-refractivity contribution in [2.75, 3.05) is 6.54 Å². The normalized spacial score (nSPS) is 21.7. The number of nitrogens with two attached hydrogens (primary N) is 1. The maximum atomic E-state index is 14.4. The van der Waals surface area contributed by atoms with Gasteiger partial charge in [-0.05, 0) is 62.3 Å². The van der Waals surface area contributed by atoms with Gasteiger partial charge in [0, 0.05) is 18.5 Å². The van der Waals surface area contributed by atoms with E-state index in [4.69, 9.17) is 5.73 Å². The van der Waals surface area contributed by atoms with Crippen molar-refractivity contribution in [2.45, 2.75) is 81.1 Å². The fraction of sp³-hybridized carbons (Fsp3) is 0.400. The molecular formula is C35H43ClN5O5S-. The number of hydrogen-bond donors (Lipinski definition) is 4. The fourth-order valence-electron chi connectivity index (χ4n) is 6.44. The first kappa shape index (κ1) is 36.1. The molecule has 2 heterocycles. The van der Waals surface area contributed by atoms with Crippen molar-refractivity contribution in [3.63, 3.8) is 0 Å². The van der Waals surface area contributed by atoms with Crippen molar-refractivity contribution in [1.82, 2.24) is 20.3 Å². The predicted molar refractivity (Wildman–Crippen MR) is 176 cm³/mol. The summed E-state index contributed by atoms with van der Waals surface area (Å²) >= 11 is 0. The standard InChI is InChI=1S/C35H43N5O5S.ClH/c1-3-29(36)33(41)39-32-26(22-37-46(44,45)28-19-14-23(2)15-20-28)16-17-27-18-21-30(40(27)35(32)43)34(42)38-31(24-10-6-4-7-11-24)25-12-8-5-9-13-25;/h4-15,19-20,26-27,29-32,37H,3,16-18,21-22,36H2,1-2H3,(H,38,42)(H,39,41);1H/p-1/t26-,27+,29+,30+,32+;/m1./s1. The van der Waals surface area contributed by atoms with Crippen molar-refractivity contribution in [2.24, 2.45) is 11.7 Å². The number of carbonyl (C=O) groups is 3. The molecule has 0 radical (unpaired) electrons. The zero-order valence-electron chi connectivity index (χ0n) is 26.6. The second-order valence-electron chi connectivity index (χ2n) is 12.3. The first-order valence-electron chi connectivity index (χ1n) is 15.9. The molecule has 0 unspecified atom stereocenters. The maximum absolute atomic E-state index is 14.4. The quantitative estimate of drug-likeness (QED) is 0.227. The Hall–Kier alpha value is -3.77. The summed E-state index contributed by atoms with van der Waals surface area (Å²) in [5, 5.41) is 6.03. The van der Waals surface area contributed by atoms with Crippen molar-refractivity contribution >= 4 is 27.7 Å². The molecule has 3 amide bonds. The van der Waals surface area contributed by atoms with E-state index in [1.807, 2.05) is 67.6 Å². The SMILES string of the molecule is CC[C@H](N)C(=O)N[C@@H]1C(=O)N2[C@@H](CC[C@@H]1CNS(=O)(=O)c1ccc(C)cc1)CC[C@H]2C(=O)NC(c1ccccc1)c1ccccc1.[Cl-]. The molecule has 5 atom stereocenters. The third kappa shape index (κ3) is 8.39. The predicted octanol–water partition coefficient (Wildman–Crippen LogP) is 0.175. The Bertz CT molecular complexity index is 1590. The number of amides is 3. The Labute approximate surface area is 283 Å². The molecule has 3 aromatic carbocycles. The molecule has 252 valence electrons. The van der Waals surface area contributed by atoms with Crippen LogP contribution in [0.3, 0.4) is 0 Å². The van der Waals surface area contributed by atoms with E-state index >= 15 is 0 Å². The number of benzene rings is 3. The minimum Gasteiger partial charge on any atom is -1.00 e. The Balaban J connectivity index is 0.00000500. The van der Waals surface area contributed by atoms with Crippen LogP contribution < -0.4 is 33.5 Å². The van der Waals surface area contributed by atoms with Crippen LogP contribution in [0.15, 0.2) is 89.8 Å². The van der Waals surface area contributed by atoms with Crippen molar-refractivity contribution in [1.29, 1.82) is 0 Å². The van der Waals surface area contributed by atoms with Crippen molar-refractivity contribution in [3.8, 4) is 0 Å². The van der Waals surface area contributed by atoms with Gasteiger partial charge in [-0.2, -0.15) is 0 Å². The molecule has 2 aliphatic heterocycles.